The molecule has 148 valence electrons. The summed E-state index contributed by atoms with van der Waals surface area (Å²) < 4.78 is 28.7. The molecule has 26 heavy (non-hydrogen) atoms. The lowest BCUT2D eigenvalue weighted by Gasteiger charge is -2.15. The Hall–Kier alpha value is -0.870. The molecule has 1 unspecified atom stereocenters. The van der Waals surface area contributed by atoms with Gasteiger partial charge in [0.2, 0.25) is 0 Å². The Bertz CT molecular complexity index is 638. The van der Waals surface area contributed by atoms with E-state index in [1.807, 2.05) is 25.1 Å². The predicted molar refractivity (Wildman–Crippen MR) is 117 cm³/mol. The summed E-state index contributed by atoms with van der Waals surface area (Å²) >= 11 is 0. The third kappa shape index (κ3) is 9.18. The van der Waals surface area contributed by atoms with Gasteiger partial charge in [0, 0.05) is 25.7 Å². The van der Waals surface area contributed by atoms with Gasteiger partial charge in [0.15, 0.2) is 15.8 Å². The van der Waals surface area contributed by atoms with Gasteiger partial charge < -0.3 is 15.4 Å². The summed E-state index contributed by atoms with van der Waals surface area (Å²) in [5.41, 5.74) is 1.19. The highest BCUT2D eigenvalue weighted by atomic mass is 127. The van der Waals surface area contributed by atoms with E-state index in [4.69, 9.17) is 4.74 Å². The minimum absolute atomic E-state index is 0. The Balaban J connectivity index is 0.00000338. The molecule has 0 radical (unpaired) electrons. The second-order valence-electron chi connectivity index (χ2n) is 6.25. The molecule has 6 nitrogen and oxygen atoms in total. The normalized spacial score (nSPS) is 19.0. The summed E-state index contributed by atoms with van der Waals surface area (Å²) in [4.78, 5) is 4.52. The van der Waals surface area contributed by atoms with Gasteiger partial charge in [0.1, 0.15) is 0 Å². The second-order valence-corrected chi connectivity index (χ2v) is 8.48. The molecule has 2 N–H and O–H groups in total. The van der Waals surface area contributed by atoms with Gasteiger partial charge in [-0.3, -0.25) is 4.99 Å². The zero-order valence-electron chi connectivity index (χ0n) is 15.3. The van der Waals surface area contributed by atoms with Gasteiger partial charge in [-0.15, -0.1) is 24.0 Å². The van der Waals surface area contributed by atoms with Crippen molar-refractivity contribution in [2.75, 3.05) is 31.2 Å². The van der Waals surface area contributed by atoms with Crippen LogP contribution in [-0.4, -0.2) is 51.6 Å². The number of nitrogens with zero attached hydrogens (tertiary/aromatic N) is 1. The predicted octanol–water partition coefficient (Wildman–Crippen LogP) is 2.34. The zero-order valence-corrected chi connectivity index (χ0v) is 18.5. The van der Waals surface area contributed by atoms with E-state index >= 15 is 0 Å². The molecule has 0 amide bonds. The van der Waals surface area contributed by atoms with Crippen LogP contribution in [0.3, 0.4) is 0 Å². The number of benzene rings is 1. The number of hydrogen-bond donors (Lipinski definition) is 2. The van der Waals surface area contributed by atoms with Crippen LogP contribution in [0.5, 0.6) is 0 Å². The second kappa shape index (κ2) is 12.5. The fraction of sp³-hybridized carbons (Fsp3) is 0.611. The van der Waals surface area contributed by atoms with Gasteiger partial charge in [-0.25, -0.2) is 8.42 Å². The lowest BCUT2D eigenvalue weighted by Crippen LogP contribution is -2.44. The molecule has 1 aliphatic heterocycles. The number of aliphatic imine (C=N–C) groups is 1. The average Bonchev–Trinajstić information content (AvgIpc) is 2.93. The number of unbranched alkanes of at least 4 members (excludes halogenated alkanes) is 1. The number of ether oxygens (including phenoxy) is 1. The van der Waals surface area contributed by atoms with Gasteiger partial charge in [-0.1, -0.05) is 30.3 Å². The first-order chi connectivity index (χ1) is 12.1. The molecule has 1 aliphatic rings. The van der Waals surface area contributed by atoms with Crippen molar-refractivity contribution in [3.8, 4) is 0 Å². The Morgan fingerprint density at radius 1 is 1.27 bits per heavy atom. The number of guanidine groups is 1. The monoisotopic (exact) mass is 495 g/mol. The van der Waals surface area contributed by atoms with E-state index in [9.17, 15) is 8.42 Å². The zero-order chi connectivity index (χ0) is 18.0. The van der Waals surface area contributed by atoms with Gasteiger partial charge in [-0.05, 0) is 31.7 Å². The van der Waals surface area contributed by atoms with E-state index in [0.717, 1.165) is 26.0 Å². The van der Waals surface area contributed by atoms with Crippen LogP contribution in [0.15, 0.2) is 35.3 Å². The maximum Gasteiger partial charge on any atom is 0.191 e. The molecule has 1 aromatic rings. The van der Waals surface area contributed by atoms with Crippen molar-refractivity contribution in [1.82, 2.24) is 10.6 Å². The minimum Gasteiger partial charge on any atom is -0.377 e. The van der Waals surface area contributed by atoms with E-state index in [-0.39, 0.29) is 41.5 Å². The Morgan fingerprint density at radius 2 is 2.04 bits per heavy atom. The topological polar surface area (TPSA) is 79.8 Å². The highest BCUT2D eigenvalue weighted by Gasteiger charge is 2.28. The van der Waals surface area contributed by atoms with Crippen molar-refractivity contribution >= 4 is 39.8 Å². The quantitative estimate of drug-likeness (QED) is 0.238. The molecule has 8 heteroatoms. The molecule has 1 heterocycles. The lowest BCUT2D eigenvalue weighted by molar-refractivity contribution is 0.117. The van der Waals surface area contributed by atoms with Crippen molar-refractivity contribution in [2.45, 2.75) is 38.8 Å². The highest BCUT2D eigenvalue weighted by molar-refractivity contribution is 14.0. The molecule has 1 saturated heterocycles. The molecular weight excluding hydrogens is 465 g/mol. The van der Waals surface area contributed by atoms with Crippen molar-refractivity contribution in [2.24, 2.45) is 4.99 Å². The Morgan fingerprint density at radius 3 is 2.69 bits per heavy atom. The maximum absolute atomic E-state index is 11.5. The van der Waals surface area contributed by atoms with Crippen LogP contribution >= 0.6 is 24.0 Å². The number of hydrogen-bond acceptors (Lipinski definition) is 4. The fourth-order valence-corrected chi connectivity index (χ4v) is 4.37. The van der Waals surface area contributed by atoms with Crippen LogP contribution in [0.1, 0.15) is 31.7 Å². The third-order valence-corrected chi connectivity index (χ3v) is 5.76. The summed E-state index contributed by atoms with van der Waals surface area (Å²) in [6.45, 7) is 4.81. The van der Waals surface area contributed by atoms with Crippen LogP contribution in [0.4, 0.5) is 0 Å². The number of rotatable bonds is 9. The summed E-state index contributed by atoms with van der Waals surface area (Å²) in [6, 6.07) is 10.1. The first-order valence-electron chi connectivity index (χ1n) is 8.96. The molecule has 0 saturated carbocycles. The number of halogens is 1. The Labute approximate surface area is 174 Å². The van der Waals surface area contributed by atoms with E-state index < -0.39 is 9.84 Å². The molecule has 0 aliphatic carbocycles. The maximum atomic E-state index is 11.5. The van der Waals surface area contributed by atoms with Crippen LogP contribution in [0, 0.1) is 0 Å². The smallest absolute Gasteiger partial charge is 0.191 e. The summed E-state index contributed by atoms with van der Waals surface area (Å²) in [6.07, 6.45) is 2.54. The van der Waals surface area contributed by atoms with Gasteiger partial charge in [0.05, 0.1) is 18.1 Å². The van der Waals surface area contributed by atoms with Gasteiger partial charge in [-0.2, -0.15) is 0 Å². The summed E-state index contributed by atoms with van der Waals surface area (Å²) in [7, 11) is -2.88. The standard InChI is InChI=1S/C18H29N3O3S.HI/c1-2-19-18(21-17-10-13-25(22,23)15-17)20-11-6-7-12-24-14-16-8-4-3-5-9-16;/h3-5,8-9,17H,2,6-7,10-15H2,1H3,(H2,19,20,21);1H. The molecule has 0 bridgehead atoms. The van der Waals surface area contributed by atoms with Crippen molar-refractivity contribution < 1.29 is 13.2 Å². The first-order valence-corrected chi connectivity index (χ1v) is 10.8. The first kappa shape index (κ1) is 23.2. The third-order valence-electron chi connectivity index (χ3n) is 4.00. The highest BCUT2D eigenvalue weighted by Crippen LogP contribution is 2.11. The summed E-state index contributed by atoms with van der Waals surface area (Å²) in [5, 5.41) is 6.40. The SMILES string of the molecule is CCNC(=NCCCCOCc1ccccc1)NC1CCS(=O)(=O)C1.I. The van der Waals surface area contributed by atoms with Crippen molar-refractivity contribution in [3.05, 3.63) is 35.9 Å². The number of sulfone groups is 1. The molecular formula is C18H30IN3O3S. The van der Waals surface area contributed by atoms with Crippen LogP contribution in [0.25, 0.3) is 0 Å². The minimum atomic E-state index is -2.88. The molecule has 0 aromatic heterocycles. The van der Waals surface area contributed by atoms with Crippen LogP contribution in [0.2, 0.25) is 0 Å². The Kier molecular flexibility index (Phi) is 11.1. The van der Waals surface area contributed by atoms with Crippen molar-refractivity contribution in [3.63, 3.8) is 0 Å². The van der Waals surface area contributed by atoms with E-state index in [1.165, 1.54) is 5.56 Å². The van der Waals surface area contributed by atoms with Crippen molar-refractivity contribution in [1.29, 1.82) is 0 Å². The summed E-state index contributed by atoms with van der Waals surface area (Å²) in [5.74, 6) is 1.17. The average molecular weight is 495 g/mol. The fourth-order valence-electron chi connectivity index (χ4n) is 2.69. The molecule has 1 aromatic carbocycles. The van der Waals surface area contributed by atoms with Gasteiger partial charge in [0.25, 0.3) is 0 Å². The molecule has 1 fully saturated rings. The van der Waals surface area contributed by atoms with Crippen LogP contribution in [-0.2, 0) is 21.2 Å². The van der Waals surface area contributed by atoms with E-state index in [0.29, 0.717) is 25.5 Å². The lowest BCUT2D eigenvalue weighted by atomic mass is 10.2. The molecule has 0 spiro atoms. The molecule has 1 atom stereocenters. The van der Waals surface area contributed by atoms with Gasteiger partial charge >= 0.3 is 0 Å². The largest absolute Gasteiger partial charge is 0.377 e. The van der Waals surface area contributed by atoms with E-state index in [1.54, 1.807) is 0 Å². The van der Waals surface area contributed by atoms with E-state index in [2.05, 4.69) is 27.8 Å². The van der Waals surface area contributed by atoms with Crippen LogP contribution < -0.4 is 10.6 Å². The molecule has 2 rings (SSSR count). The number of nitrogens with one attached hydrogen (secondary N) is 2.